The molecule has 0 amide bonds. The van der Waals surface area contributed by atoms with E-state index < -0.39 is 34.8 Å². The van der Waals surface area contributed by atoms with Gasteiger partial charge in [0, 0.05) is 12.1 Å². The number of ether oxygens (including phenoxy) is 3. The molecule has 2 bridgehead atoms. The van der Waals surface area contributed by atoms with E-state index in [1.54, 1.807) is 13.8 Å². The Balaban J connectivity index is 1.57. The van der Waals surface area contributed by atoms with Crippen LogP contribution in [0.15, 0.2) is 41.6 Å². The molecule has 1 aromatic rings. The van der Waals surface area contributed by atoms with Gasteiger partial charge in [-0.05, 0) is 73.6 Å². The SMILES string of the molecule is CC1=C[C@]23C(=O)[C@@H](C=C4COC(C)(C)O[C@H]4[C@]2(O)[C@H]1Oc1ncccc1F)[C@H]1[C@@H](C[C@H]3C)C1(C)C. The Hall–Kier alpha value is -2.09. The van der Waals surface area contributed by atoms with Crippen LogP contribution in [0.2, 0.25) is 0 Å². The zero-order valence-electron chi connectivity index (χ0n) is 21.2. The van der Waals surface area contributed by atoms with Gasteiger partial charge >= 0.3 is 0 Å². The van der Waals surface area contributed by atoms with Crippen LogP contribution in [0.5, 0.6) is 5.88 Å². The summed E-state index contributed by atoms with van der Waals surface area (Å²) in [6.07, 6.45) is 4.30. The minimum absolute atomic E-state index is 0.000763. The van der Waals surface area contributed by atoms with E-state index in [1.807, 2.05) is 19.1 Å². The van der Waals surface area contributed by atoms with Gasteiger partial charge in [0.2, 0.25) is 0 Å². The molecule has 188 valence electrons. The molecule has 6 rings (SSSR count). The Morgan fingerprint density at radius 3 is 2.71 bits per heavy atom. The van der Waals surface area contributed by atoms with Gasteiger partial charge in [0.1, 0.15) is 6.10 Å². The van der Waals surface area contributed by atoms with E-state index in [0.29, 0.717) is 11.5 Å². The van der Waals surface area contributed by atoms with Crippen molar-refractivity contribution < 1.29 is 28.5 Å². The molecular weight excluding hydrogens is 449 g/mol. The van der Waals surface area contributed by atoms with Gasteiger partial charge in [0.15, 0.2) is 29.1 Å². The van der Waals surface area contributed by atoms with Crippen LogP contribution < -0.4 is 4.74 Å². The molecule has 7 heteroatoms. The molecule has 1 N–H and O–H groups in total. The standard InChI is InChI=1S/C28H34FNO5/c1-14-12-27-15(2)10-18-20(25(18,3)4)17(21(27)31)11-16-13-33-26(5,6)35-23(16)28(27,32)22(14)34-24-19(29)8-7-9-30-24/h7-9,11-12,15,17-18,20,22-23,32H,10,13H2,1-6H3/t15-,17+,18-,20+,22+,23-,27+,28-/m1/s1. The van der Waals surface area contributed by atoms with Crippen molar-refractivity contribution in [3.63, 3.8) is 0 Å². The van der Waals surface area contributed by atoms with Gasteiger partial charge < -0.3 is 19.3 Å². The fourth-order valence-electron chi connectivity index (χ4n) is 7.87. The van der Waals surface area contributed by atoms with Crippen LogP contribution in [0, 0.1) is 40.3 Å². The van der Waals surface area contributed by atoms with E-state index in [-0.39, 0.29) is 41.4 Å². The maximum atomic E-state index is 14.6. The van der Waals surface area contributed by atoms with Gasteiger partial charge in [-0.15, -0.1) is 0 Å². The van der Waals surface area contributed by atoms with Gasteiger partial charge in [-0.25, -0.2) is 9.37 Å². The minimum Gasteiger partial charge on any atom is -0.464 e. The number of hydrogen-bond donors (Lipinski definition) is 1. The highest BCUT2D eigenvalue weighted by Crippen LogP contribution is 2.72. The van der Waals surface area contributed by atoms with Crippen molar-refractivity contribution in [1.82, 2.24) is 4.98 Å². The number of carbonyl (C=O) groups is 1. The molecule has 2 heterocycles. The van der Waals surface area contributed by atoms with E-state index in [4.69, 9.17) is 14.2 Å². The predicted octanol–water partition coefficient (Wildman–Crippen LogP) is 4.23. The lowest BCUT2D eigenvalue weighted by molar-refractivity contribution is -0.301. The summed E-state index contributed by atoms with van der Waals surface area (Å²) in [5.41, 5.74) is -1.55. The number of pyridine rings is 1. The van der Waals surface area contributed by atoms with Crippen LogP contribution in [-0.2, 0) is 14.3 Å². The lowest BCUT2D eigenvalue weighted by atomic mass is 9.59. The molecule has 1 aliphatic heterocycles. The third-order valence-electron chi connectivity index (χ3n) is 9.63. The number of rotatable bonds is 2. The summed E-state index contributed by atoms with van der Waals surface area (Å²) in [5, 5.41) is 12.9. The normalized spacial score (nSPS) is 44.6. The first-order valence-corrected chi connectivity index (χ1v) is 12.6. The average Bonchev–Trinajstić information content (AvgIpc) is 3.27. The molecule has 0 unspecified atom stereocenters. The summed E-state index contributed by atoms with van der Waals surface area (Å²) < 4.78 is 33.2. The highest BCUT2D eigenvalue weighted by Gasteiger charge is 2.77. The molecule has 1 spiro atoms. The Morgan fingerprint density at radius 2 is 2.00 bits per heavy atom. The number of carbonyl (C=O) groups excluding carboxylic acids is 1. The summed E-state index contributed by atoms with van der Waals surface area (Å²) in [4.78, 5) is 18.7. The van der Waals surface area contributed by atoms with E-state index in [1.165, 1.54) is 18.3 Å². The van der Waals surface area contributed by atoms with Gasteiger partial charge in [0.25, 0.3) is 5.88 Å². The van der Waals surface area contributed by atoms with Gasteiger partial charge in [-0.1, -0.05) is 32.9 Å². The molecular formula is C28H34FNO5. The molecule has 3 fully saturated rings. The van der Waals surface area contributed by atoms with Crippen molar-refractivity contribution in [3.05, 3.63) is 47.4 Å². The third kappa shape index (κ3) is 2.86. The highest BCUT2D eigenvalue weighted by atomic mass is 19.1. The fraction of sp³-hybridized carbons (Fsp3) is 0.643. The largest absolute Gasteiger partial charge is 0.464 e. The molecule has 1 saturated heterocycles. The number of aromatic nitrogens is 1. The molecule has 0 aromatic carbocycles. The van der Waals surface area contributed by atoms with Crippen LogP contribution in [-0.4, -0.2) is 46.1 Å². The maximum Gasteiger partial charge on any atom is 0.251 e. The minimum atomic E-state index is -1.79. The van der Waals surface area contributed by atoms with E-state index in [2.05, 4.69) is 25.8 Å². The Bertz CT molecular complexity index is 1170. The average molecular weight is 484 g/mol. The number of fused-ring (bicyclic) bond motifs is 5. The zero-order valence-corrected chi connectivity index (χ0v) is 21.2. The second-order valence-corrected chi connectivity index (χ2v) is 12.3. The van der Waals surface area contributed by atoms with Crippen LogP contribution in [0.1, 0.15) is 48.0 Å². The van der Waals surface area contributed by atoms with Crippen LogP contribution >= 0.6 is 0 Å². The monoisotopic (exact) mass is 483 g/mol. The summed E-state index contributed by atoms with van der Waals surface area (Å²) in [6.45, 7) is 12.2. The Kier molecular flexibility index (Phi) is 4.68. The van der Waals surface area contributed by atoms with Crippen molar-refractivity contribution in [2.24, 2.45) is 34.5 Å². The van der Waals surface area contributed by atoms with E-state index in [0.717, 1.165) is 12.0 Å². The molecule has 8 atom stereocenters. The fourth-order valence-corrected chi connectivity index (χ4v) is 7.87. The lowest BCUT2D eigenvalue weighted by Gasteiger charge is -2.52. The molecule has 2 saturated carbocycles. The van der Waals surface area contributed by atoms with E-state index >= 15 is 0 Å². The number of aliphatic hydroxyl groups is 1. The van der Waals surface area contributed by atoms with Crippen molar-refractivity contribution >= 4 is 5.78 Å². The lowest BCUT2D eigenvalue weighted by Crippen LogP contribution is -2.68. The van der Waals surface area contributed by atoms with Gasteiger partial charge in [-0.2, -0.15) is 0 Å². The molecule has 1 aromatic heterocycles. The molecule has 5 aliphatic rings. The second-order valence-electron chi connectivity index (χ2n) is 12.3. The number of halogens is 1. The molecule has 4 aliphatic carbocycles. The van der Waals surface area contributed by atoms with Gasteiger partial charge in [0.05, 0.1) is 12.0 Å². The van der Waals surface area contributed by atoms with Crippen LogP contribution in [0.3, 0.4) is 0 Å². The van der Waals surface area contributed by atoms with Gasteiger partial charge in [-0.3, -0.25) is 4.79 Å². The van der Waals surface area contributed by atoms with Crippen LogP contribution in [0.4, 0.5) is 4.39 Å². The van der Waals surface area contributed by atoms with Crippen molar-refractivity contribution in [1.29, 1.82) is 0 Å². The number of nitrogens with zero attached hydrogens (tertiary/aromatic N) is 1. The summed E-state index contributed by atoms with van der Waals surface area (Å²) >= 11 is 0. The first-order chi connectivity index (χ1) is 16.3. The number of allylic oxidation sites excluding steroid dienone is 1. The van der Waals surface area contributed by atoms with Crippen molar-refractivity contribution in [2.45, 2.75) is 71.6 Å². The molecule has 0 radical (unpaired) electrons. The maximum absolute atomic E-state index is 14.6. The summed E-state index contributed by atoms with van der Waals surface area (Å²) in [7, 11) is 0. The first kappa shape index (κ1) is 23.3. The quantitative estimate of drug-likeness (QED) is 0.635. The predicted molar refractivity (Wildman–Crippen MR) is 126 cm³/mol. The third-order valence-corrected chi connectivity index (χ3v) is 9.63. The number of ketones is 1. The second kappa shape index (κ2) is 7.02. The van der Waals surface area contributed by atoms with Crippen molar-refractivity contribution in [2.75, 3.05) is 6.61 Å². The van der Waals surface area contributed by atoms with Crippen LogP contribution in [0.25, 0.3) is 0 Å². The smallest absolute Gasteiger partial charge is 0.251 e. The molecule has 6 nitrogen and oxygen atoms in total. The molecule has 35 heavy (non-hydrogen) atoms. The number of hydrogen-bond acceptors (Lipinski definition) is 6. The zero-order chi connectivity index (χ0) is 25.1. The first-order valence-electron chi connectivity index (χ1n) is 12.6. The highest BCUT2D eigenvalue weighted by molar-refractivity contribution is 5.95. The van der Waals surface area contributed by atoms with Crippen molar-refractivity contribution in [3.8, 4) is 5.88 Å². The summed E-state index contributed by atoms with van der Waals surface area (Å²) in [6, 6.07) is 2.76. The van der Waals surface area contributed by atoms with E-state index in [9.17, 15) is 14.3 Å². The topological polar surface area (TPSA) is 77.9 Å². The Morgan fingerprint density at radius 1 is 1.26 bits per heavy atom. The number of Topliss-reactive ketones (excluding diaryl/α,β-unsaturated/α-hetero) is 1. The Labute approximate surface area is 205 Å². The summed E-state index contributed by atoms with van der Waals surface area (Å²) in [5.74, 6) is -1.74.